The second-order valence-corrected chi connectivity index (χ2v) is 12.3. The summed E-state index contributed by atoms with van der Waals surface area (Å²) in [6.07, 6.45) is -0.106. The van der Waals surface area contributed by atoms with Crippen LogP contribution in [0.25, 0.3) is 0 Å². The first-order valence-corrected chi connectivity index (χ1v) is 15.3. The normalized spacial score (nSPS) is 12.5. The maximum Gasteiger partial charge on any atom is 0.408 e. The summed E-state index contributed by atoms with van der Waals surface area (Å²) >= 11 is 0. The first-order valence-electron chi connectivity index (χ1n) is 15.3. The van der Waals surface area contributed by atoms with Crippen LogP contribution in [0.5, 0.6) is 0 Å². The van der Waals surface area contributed by atoms with Gasteiger partial charge in [0.1, 0.15) is 17.7 Å². The van der Waals surface area contributed by atoms with E-state index in [9.17, 15) is 14.4 Å². The summed E-state index contributed by atoms with van der Waals surface area (Å²) in [5.41, 5.74) is 5.64. The highest BCUT2D eigenvalue weighted by atomic mass is 16.6. The first kappa shape index (κ1) is 33.0. The maximum absolute atomic E-state index is 14.6. The number of alkyl carbamates (subject to hydrolysis) is 1. The van der Waals surface area contributed by atoms with Gasteiger partial charge in [-0.1, -0.05) is 96.6 Å². The molecular weight excluding hydrogens is 562 g/mol. The van der Waals surface area contributed by atoms with Crippen LogP contribution in [0.3, 0.4) is 0 Å². The Hall–Kier alpha value is -4.91. The van der Waals surface area contributed by atoms with E-state index in [2.05, 4.69) is 34.9 Å². The number of nitrogens with zero attached hydrogens (tertiary/aromatic N) is 1. The van der Waals surface area contributed by atoms with Gasteiger partial charge in [-0.2, -0.15) is 0 Å². The maximum atomic E-state index is 14.6. The molecule has 0 bridgehead atoms. The van der Waals surface area contributed by atoms with Gasteiger partial charge in [-0.05, 0) is 87.9 Å². The quantitative estimate of drug-likeness (QED) is 0.198. The Balaban J connectivity index is 1.70. The number of anilines is 1. The third kappa shape index (κ3) is 9.29. The summed E-state index contributed by atoms with van der Waals surface area (Å²) in [5, 5.41) is 5.69. The van der Waals surface area contributed by atoms with Gasteiger partial charge < -0.3 is 20.3 Å². The molecule has 0 saturated heterocycles. The molecule has 234 valence electrons. The second kappa shape index (κ2) is 14.7. The molecule has 0 aromatic heterocycles. The zero-order valence-electron chi connectivity index (χ0n) is 27.0. The van der Waals surface area contributed by atoms with Crippen LogP contribution >= 0.6 is 0 Å². The number of hydrogen-bond acceptors (Lipinski definition) is 4. The third-order valence-corrected chi connectivity index (χ3v) is 7.54. The molecule has 2 N–H and O–H groups in total. The van der Waals surface area contributed by atoms with Crippen molar-refractivity contribution >= 4 is 23.6 Å². The summed E-state index contributed by atoms with van der Waals surface area (Å²) in [6, 6.07) is 30.2. The average Bonchev–Trinajstić information content (AvgIpc) is 3.01. The lowest BCUT2D eigenvalue weighted by Crippen LogP contribution is -2.48. The summed E-state index contributed by atoms with van der Waals surface area (Å²) in [4.78, 5) is 43.3. The number of hydrogen-bond donors (Lipinski definition) is 2. The number of ether oxygens (including phenoxy) is 1. The van der Waals surface area contributed by atoms with Gasteiger partial charge in [-0.3, -0.25) is 9.59 Å². The van der Waals surface area contributed by atoms with Crippen molar-refractivity contribution < 1.29 is 19.1 Å². The highest BCUT2D eigenvalue weighted by Crippen LogP contribution is 2.26. The fourth-order valence-electron chi connectivity index (χ4n) is 4.94. The largest absolute Gasteiger partial charge is 0.444 e. The van der Waals surface area contributed by atoms with Crippen LogP contribution in [-0.2, 0) is 20.7 Å². The van der Waals surface area contributed by atoms with E-state index in [1.807, 2.05) is 75.4 Å². The Kier molecular flexibility index (Phi) is 10.8. The van der Waals surface area contributed by atoms with Gasteiger partial charge >= 0.3 is 6.09 Å². The van der Waals surface area contributed by atoms with Crippen molar-refractivity contribution in [2.75, 3.05) is 11.4 Å². The summed E-state index contributed by atoms with van der Waals surface area (Å²) in [5.74, 6) is -0.818. The Morgan fingerprint density at radius 3 is 1.84 bits per heavy atom. The summed E-state index contributed by atoms with van der Waals surface area (Å²) in [6.45, 7) is 11.8. The minimum Gasteiger partial charge on any atom is -0.444 e. The van der Waals surface area contributed by atoms with E-state index >= 15 is 0 Å². The molecule has 0 fully saturated rings. The molecule has 0 saturated carbocycles. The highest BCUT2D eigenvalue weighted by Gasteiger charge is 2.33. The smallest absolute Gasteiger partial charge is 0.408 e. The van der Waals surface area contributed by atoms with Gasteiger partial charge in [0.05, 0.1) is 0 Å². The van der Waals surface area contributed by atoms with E-state index in [1.54, 1.807) is 49.9 Å². The number of carbonyl (C=O) groups is 3. The number of nitrogens with one attached hydrogen (secondary N) is 2. The van der Waals surface area contributed by atoms with E-state index < -0.39 is 29.7 Å². The average molecular weight is 606 g/mol. The monoisotopic (exact) mass is 605 g/mol. The topological polar surface area (TPSA) is 87.7 Å². The zero-order chi connectivity index (χ0) is 32.6. The fourth-order valence-corrected chi connectivity index (χ4v) is 4.94. The molecule has 4 rings (SSSR count). The number of amides is 3. The number of benzene rings is 4. The van der Waals surface area contributed by atoms with Crippen LogP contribution in [0.2, 0.25) is 0 Å². The molecule has 0 aliphatic rings. The van der Waals surface area contributed by atoms with Crippen molar-refractivity contribution in [3.8, 4) is 0 Å². The van der Waals surface area contributed by atoms with Crippen molar-refractivity contribution in [2.24, 2.45) is 0 Å². The minimum atomic E-state index is -1.09. The lowest BCUT2D eigenvalue weighted by molar-refractivity contribution is -0.129. The Labute approximate surface area is 266 Å². The summed E-state index contributed by atoms with van der Waals surface area (Å²) in [7, 11) is 0. The van der Waals surface area contributed by atoms with E-state index in [4.69, 9.17) is 4.74 Å². The van der Waals surface area contributed by atoms with E-state index in [1.165, 1.54) is 5.56 Å². The van der Waals surface area contributed by atoms with Crippen molar-refractivity contribution in [1.29, 1.82) is 0 Å². The third-order valence-electron chi connectivity index (χ3n) is 7.54. The Morgan fingerprint density at radius 1 is 0.711 bits per heavy atom. The molecule has 2 atom stereocenters. The Bertz CT molecular complexity index is 1600. The van der Waals surface area contributed by atoms with Crippen LogP contribution in [0.1, 0.15) is 66.2 Å². The number of rotatable bonds is 10. The van der Waals surface area contributed by atoms with Crippen molar-refractivity contribution in [3.05, 3.63) is 137 Å². The van der Waals surface area contributed by atoms with Gasteiger partial charge in [0, 0.05) is 12.2 Å². The Morgan fingerprint density at radius 2 is 1.29 bits per heavy atom. The first-order chi connectivity index (χ1) is 21.4. The van der Waals surface area contributed by atoms with Gasteiger partial charge in [0.25, 0.3) is 5.91 Å². The molecule has 0 aliphatic heterocycles. The van der Waals surface area contributed by atoms with Crippen molar-refractivity contribution in [1.82, 2.24) is 10.6 Å². The van der Waals surface area contributed by atoms with Crippen LogP contribution < -0.4 is 15.5 Å². The molecule has 0 spiro atoms. The van der Waals surface area contributed by atoms with Gasteiger partial charge in [-0.15, -0.1) is 0 Å². The van der Waals surface area contributed by atoms with Crippen LogP contribution in [-0.4, -0.2) is 30.1 Å². The molecule has 7 heteroatoms. The molecule has 3 amide bonds. The van der Waals surface area contributed by atoms with Gasteiger partial charge in [0.2, 0.25) is 5.91 Å². The molecule has 7 nitrogen and oxygen atoms in total. The molecule has 2 unspecified atom stereocenters. The standard InChI is InChI=1S/C38H43N3O4/c1-26-17-20-29(21-18-26)23-24-41(32-22-19-27(2)28(3)25-32)36(43)34(31-15-11-8-12-16-31)39-35(42)33(30-13-9-7-10-14-30)40-37(44)45-38(4,5)6/h7-22,25,33-34H,23-24H2,1-6H3,(H,39,42)(H,40,44). The lowest BCUT2D eigenvalue weighted by atomic mass is 10.0. The molecule has 4 aromatic carbocycles. The predicted octanol–water partition coefficient (Wildman–Crippen LogP) is 7.31. The second-order valence-electron chi connectivity index (χ2n) is 12.3. The minimum absolute atomic E-state index is 0.283. The van der Waals surface area contributed by atoms with Gasteiger partial charge in [-0.25, -0.2) is 4.79 Å². The molecule has 0 aliphatic carbocycles. The van der Waals surface area contributed by atoms with E-state index in [0.29, 0.717) is 24.1 Å². The van der Waals surface area contributed by atoms with Crippen LogP contribution in [0, 0.1) is 20.8 Å². The number of carbonyl (C=O) groups excluding carboxylic acids is 3. The zero-order valence-corrected chi connectivity index (χ0v) is 27.0. The molecular formula is C38H43N3O4. The molecule has 45 heavy (non-hydrogen) atoms. The molecule has 0 heterocycles. The van der Waals surface area contributed by atoms with Gasteiger partial charge in [0.15, 0.2) is 0 Å². The van der Waals surface area contributed by atoms with Crippen molar-refractivity contribution in [2.45, 2.75) is 65.6 Å². The SMILES string of the molecule is Cc1ccc(CCN(C(=O)C(NC(=O)C(NC(=O)OC(C)(C)C)c2ccccc2)c2ccccc2)c2ccc(C)c(C)c2)cc1. The number of aryl methyl sites for hydroxylation is 3. The van der Waals surface area contributed by atoms with Crippen LogP contribution in [0.15, 0.2) is 103 Å². The lowest BCUT2D eigenvalue weighted by Gasteiger charge is -2.30. The fraction of sp³-hybridized carbons (Fsp3) is 0.289. The molecule has 0 radical (unpaired) electrons. The van der Waals surface area contributed by atoms with Crippen molar-refractivity contribution in [3.63, 3.8) is 0 Å². The van der Waals surface area contributed by atoms with E-state index in [-0.39, 0.29) is 5.91 Å². The predicted molar refractivity (Wildman–Crippen MR) is 179 cm³/mol. The van der Waals surface area contributed by atoms with Crippen LogP contribution in [0.4, 0.5) is 10.5 Å². The molecule has 4 aromatic rings. The van der Waals surface area contributed by atoms with E-state index in [0.717, 1.165) is 22.4 Å². The summed E-state index contributed by atoms with van der Waals surface area (Å²) < 4.78 is 5.47. The highest BCUT2D eigenvalue weighted by molar-refractivity contribution is 6.01.